The largest absolute Gasteiger partial charge is 0.507 e. The molecule has 0 aliphatic carbocycles. The van der Waals surface area contributed by atoms with Crippen molar-refractivity contribution in [3.8, 4) is 11.5 Å². The van der Waals surface area contributed by atoms with Gasteiger partial charge in [-0.15, -0.1) is 10.2 Å². The van der Waals surface area contributed by atoms with Crippen LogP contribution in [0.1, 0.15) is 11.1 Å². The van der Waals surface area contributed by atoms with Crippen molar-refractivity contribution in [1.82, 2.24) is 14.9 Å². The standard InChI is InChI=1S/C16H14N6O2/c23-14-7-3-1-5-12(14)9-17-20-16-21-18-11-22(16)19-10-13-6-2-4-8-15(13)24/h1-11,23-24H,(H,20,21)/b17-9-,19-10-. The van der Waals surface area contributed by atoms with E-state index in [4.69, 9.17) is 0 Å². The zero-order chi connectivity index (χ0) is 16.8. The topological polar surface area (TPSA) is 108 Å². The molecule has 0 spiro atoms. The van der Waals surface area contributed by atoms with E-state index in [2.05, 4.69) is 25.8 Å². The number of phenolic OH excluding ortho intramolecular Hbond substituents is 2. The van der Waals surface area contributed by atoms with Crippen LogP contribution in [0.15, 0.2) is 65.1 Å². The van der Waals surface area contributed by atoms with E-state index in [0.29, 0.717) is 11.1 Å². The molecule has 8 nitrogen and oxygen atoms in total. The van der Waals surface area contributed by atoms with E-state index in [9.17, 15) is 10.2 Å². The lowest BCUT2D eigenvalue weighted by molar-refractivity contribution is 0.474. The number of phenols is 2. The second-order valence-corrected chi connectivity index (χ2v) is 4.73. The van der Waals surface area contributed by atoms with E-state index in [1.54, 1.807) is 48.5 Å². The number of nitrogens with zero attached hydrogens (tertiary/aromatic N) is 5. The number of aromatic nitrogens is 3. The highest BCUT2D eigenvalue weighted by Gasteiger charge is 2.02. The lowest BCUT2D eigenvalue weighted by Gasteiger charge is -2.00. The Labute approximate surface area is 137 Å². The molecule has 1 heterocycles. The van der Waals surface area contributed by atoms with Crippen LogP contribution in [0.25, 0.3) is 0 Å². The minimum atomic E-state index is 0.126. The number of hydrazone groups is 1. The van der Waals surface area contributed by atoms with Gasteiger partial charge in [-0.2, -0.15) is 14.9 Å². The Balaban J connectivity index is 1.72. The number of aromatic hydroxyl groups is 2. The second kappa shape index (κ2) is 7.05. The van der Waals surface area contributed by atoms with Crippen LogP contribution in [-0.4, -0.2) is 37.5 Å². The van der Waals surface area contributed by atoms with E-state index in [-0.39, 0.29) is 17.4 Å². The summed E-state index contributed by atoms with van der Waals surface area (Å²) in [6.07, 6.45) is 4.34. The maximum absolute atomic E-state index is 9.71. The highest BCUT2D eigenvalue weighted by atomic mass is 16.3. The summed E-state index contributed by atoms with van der Waals surface area (Å²) in [7, 11) is 0. The fourth-order valence-electron chi connectivity index (χ4n) is 1.87. The first-order chi connectivity index (χ1) is 11.7. The summed E-state index contributed by atoms with van der Waals surface area (Å²) >= 11 is 0. The van der Waals surface area contributed by atoms with Crippen LogP contribution in [-0.2, 0) is 0 Å². The van der Waals surface area contributed by atoms with Crippen molar-refractivity contribution in [2.24, 2.45) is 10.2 Å². The summed E-state index contributed by atoms with van der Waals surface area (Å²) in [5, 5.41) is 35.1. The first-order valence-corrected chi connectivity index (χ1v) is 7.03. The van der Waals surface area contributed by atoms with Gasteiger partial charge in [0.15, 0.2) is 0 Å². The molecule has 0 aliphatic heterocycles. The van der Waals surface area contributed by atoms with Crippen molar-refractivity contribution in [2.75, 3.05) is 5.43 Å². The summed E-state index contributed by atoms with van der Waals surface area (Å²) in [4.78, 5) is 0. The predicted molar refractivity (Wildman–Crippen MR) is 90.4 cm³/mol. The normalized spacial score (nSPS) is 11.3. The number of hydrogen-bond acceptors (Lipinski definition) is 7. The molecule has 0 radical (unpaired) electrons. The molecule has 2 aromatic carbocycles. The highest BCUT2D eigenvalue weighted by Crippen LogP contribution is 2.14. The monoisotopic (exact) mass is 322 g/mol. The maximum atomic E-state index is 9.71. The number of para-hydroxylation sites is 2. The Morgan fingerprint density at radius 2 is 1.54 bits per heavy atom. The summed E-state index contributed by atoms with van der Waals surface area (Å²) in [5.41, 5.74) is 3.82. The molecule has 0 saturated carbocycles. The van der Waals surface area contributed by atoms with Crippen LogP contribution >= 0.6 is 0 Å². The van der Waals surface area contributed by atoms with E-state index >= 15 is 0 Å². The third kappa shape index (κ3) is 3.55. The fraction of sp³-hybridized carbons (Fsp3) is 0. The van der Waals surface area contributed by atoms with Crippen molar-refractivity contribution >= 4 is 18.4 Å². The Kier molecular flexibility index (Phi) is 4.47. The number of nitrogens with one attached hydrogen (secondary N) is 1. The minimum Gasteiger partial charge on any atom is -0.507 e. The van der Waals surface area contributed by atoms with E-state index in [1.807, 2.05) is 0 Å². The van der Waals surface area contributed by atoms with Gasteiger partial charge in [-0.05, 0) is 24.3 Å². The number of hydrogen-bond donors (Lipinski definition) is 3. The number of rotatable bonds is 5. The summed E-state index contributed by atoms with van der Waals surface area (Å²) in [5.74, 6) is 0.539. The Hall–Kier alpha value is -3.68. The van der Waals surface area contributed by atoms with Gasteiger partial charge in [0.1, 0.15) is 17.8 Å². The molecule has 0 bridgehead atoms. The molecule has 0 amide bonds. The van der Waals surface area contributed by atoms with Gasteiger partial charge in [-0.3, -0.25) is 0 Å². The first kappa shape index (κ1) is 15.2. The molecule has 3 N–H and O–H groups in total. The molecule has 1 aromatic heterocycles. The van der Waals surface area contributed by atoms with Gasteiger partial charge in [0.2, 0.25) is 0 Å². The predicted octanol–water partition coefficient (Wildman–Crippen LogP) is 2.02. The maximum Gasteiger partial charge on any atom is 0.265 e. The molecule has 0 unspecified atom stereocenters. The third-order valence-electron chi connectivity index (χ3n) is 3.09. The van der Waals surface area contributed by atoms with Gasteiger partial charge in [-0.25, -0.2) is 5.43 Å². The van der Waals surface area contributed by atoms with Gasteiger partial charge >= 0.3 is 0 Å². The molecular weight excluding hydrogens is 308 g/mol. The van der Waals surface area contributed by atoms with E-state index in [1.165, 1.54) is 23.4 Å². The Morgan fingerprint density at radius 3 is 2.21 bits per heavy atom. The van der Waals surface area contributed by atoms with Crippen LogP contribution < -0.4 is 5.43 Å². The SMILES string of the molecule is Oc1ccccc1/C=N\Nc1nncn1/N=C\c1ccccc1O. The van der Waals surface area contributed by atoms with Crippen molar-refractivity contribution in [3.63, 3.8) is 0 Å². The Bertz CT molecular complexity index is 888. The van der Waals surface area contributed by atoms with Crippen molar-refractivity contribution in [1.29, 1.82) is 0 Å². The average molecular weight is 322 g/mol. The lowest BCUT2D eigenvalue weighted by atomic mass is 10.2. The summed E-state index contributed by atoms with van der Waals surface area (Å²) in [6.45, 7) is 0. The van der Waals surface area contributed by atoms with Gasteiger partial charge < -0.3 is 10.2 Å². The van der Waals surface area contributed by atoms with Crippen molar-refractivity contribution < 1.29 is 10.2 Å². The highest BCUT2D eigenvalue weighted by molar-refractivity contribution is 5.84. The van der Waals surface area contributed by atoms with Crippen LogP contribution in [0.3, 0.4) is 0 Å². The molecule has 0 fully saturated rings. The quantitative estimate of drug-likeness (QED) is 0.492. The minimum absolute atomic E-state index is 0.126. The molecule has 3 rings (SSSR count). The van der Waals surface area contributed by atoms with E-state index < -0.39 is 0 Å². The van der Waals surface area contributed by atoms with Crippen LogP contribution in [0.5, 0.6) is 11.5 Å². The van der Waals surface area contributed by atoms with Crippen molar-refractivity contribution in [3.05, 3.63) is 66.0 Å². The van der Waals surface area contributed by atoms with Crippen LogP contribution in [0.2, 0.25) is 0 Å². The number of benzene rings is 2. The van der Waals surface area contributed by atoms with E-state index in [0.717, 1.165) is 0 Å². The van der Waals surface area contributed by atoms with Gasteiger partial charge in [0.25, 0.3) is 5.95 Å². The molecule has 24 heavy (non-hydrogen) atoms. The molecule has 3 aromatic rings. The molecule has 0 aliphatic rings. The van der Waals surface area contributed by atoms with Crippen molar-refractivity contribution in [2.45, 2.75) is 0 Å². The summed E-state index contributed by atoms with van der Waals surface area (Å²) in [6, 6.07) is 13.6. The van der Waals surface area contributed by atoms with Gasteiger partial charge in [-0.1, -0.05) is 24.3 Å². The Morgan fingerprint density at radius 1 is 0.917 bits per heavy atom. The smallest absolute Gasteiger partial charge is 0.265 e. The fourth-order valence-corrected chi connectivity index (χ4v) is 1.87. The molecule has 0 atom stereocenters. The van der Waals surface area contributed by atoms with Crippen LogP contribution in [0, 0.1) is 0 Å². The van der Waals surface area contributed by atoms with Crippen LogP contribution in [0.4, 0.5) is 5.95 Å². The van der Waals surface area contributed by atoms with Gasteiger partial charge in [0, 0.05) is 11.1 Å². The lowest BCUT2D eigenvalue weighted by Crippen LogP contribution is -1.99. The molecule has 120 valence electrons. The zero-order valence-corrected chi connectivity index (χ0v) is 12.5. The first-order valence-electron chi connectivity index (χ1n) is 7.03. The summed E-state index contributed by atoms with van der Waals surface area (Å²) < 4.78 is 1.37. The molecule has 0 saturated heterocycles. The van der Waals surface area contributed by atoms with Gasteiger partial charge in [0.05, 0.1) is 12.4 Å². The zero-order valence-electron chi connectivity index (χ0n) is 12.5. The molecule has 8 heteroatoms. The third-order valence-corrected chi connectivity index (χ3v) is 3.09. The number of anilines is 1. The average Bonchev–Trinajstić information content (AvgIpc) is 3.03. The molecular formula is C16H14N6O2. The second-order valence-electron chi connectivity index (χ2n) is 4.73.